The van der Waals surface area contributed by atoms with Gasteiger partial charge in [-0.1, -0.05) is 48.5 Å². The van der Waals surface area contributed by atoms with Crippen LogP contribution in [0.5, 0.6) is 5.75 Å². The van der Waals surface area contributed by atoms with E-state index < -0.39 is 0 Å². The maximum Gasteiger partial charge on any atom is 0.222 e. The summed E-state index contributed by atoms with van der Waals surface area (Å²) in [5.74, 6) is 0.598. The number of hydrogen-bond acceptors (Lipinski definition) is 4. The van der Waals surface area contributed by atoms with Crippen molar-refractivity contribution in [3.05, 3.63) is 65.7 Å². The fourth-order valence-corrected chi connectivity index (χ4v) is 4.08. The first-order chi connectivity index (χ1) is 14.6. The van der Waals surface area contributed by atoms with Crippen molar-refractivity contribution in [1.29, 1.82) is 0 Å². The summed E-state index contributed by atoms with van der Waals surface area (Å²) in [5.41, 5.74) is 2.01. The number of hydrogen-bond donors (Lipinski definition) is 2. The number of amides is 2. The Labute approximate surface area is 178 Å². The van der Waals surface area contributed by atoms with Gasteiger partial charge in [-0.25, -0.2) is 0 Å². The molecule has 6 heteroatoms. The van der Waals surface area contributed by atoms with E-state index in [1.54, 1.807) is 7.11 Å². The van der Waals surface area contributed by atoms with E-state index in [0.717, 1.165) is 42.8 Å². The van der Waals surface area contributed by atoms with Crippen LogP contribution in [0, 0.1) is 0 Å². The summed E-state index contributed by atoms with van der Waals surface area (Å²) in [6.45, 7) is 3.99. The number of benzene rings is 2. The lowest BCUT2D eigenvalue weighted by molar-refractivity contribution is -0.123. The average Bonchev–Trinajstić information content (AvgIpc) is 3.28. The smallest absolute Gasteiger partial charge is 0.222 e. The van der Waals surface area contributed by atoms with Crippen LogP contribution in [-0.2, 0) is 9.59 Å². The van der Waals surface area contributed by atoms with E-state index in [1.165, 1.54) is 6.92 Å². The molecule has 0 aliphatic carbocycles. The van der Waals surface area contributed by atoms with Gasteiger partial charge in [0.2, 0.25) is 11.8 Å². The summed E-state index contributed by atoms with van der Waals surface area (Å²) in [7, 11) is 1.68. The molecule has 2 aromatic carbocycles. The molecule has 30 heavy (non-hydrogen) atoms. The molecule has 0 bridgehead atoms. The molecule has 2 unspecified atom stereocenters. The van der Waals surface area contributed by atoms with Crippen LogP contribution in [0.3, 0.4) is 0 Å². The molecule has 3 rings (SSSR count). The molecule has 1 aliphatic heterocycles. The first-order valence-corrected chi connectivity index (χ1v) is 10.5. The highest BCUT2D eigenvalue weighted by Crippen LogP contribution is 2.31. The summed E-state index contributed by atoms with van der Waals surface area (Å²) in [6.07, 6.45) is 2.53. The molecule has 0 saturated carbocycles. The third-order valence-electron chi connectivity index (χ3n) is 5.54. The van der Waals surface area contributed by atoms with E-state index in [4.69, 9.17) is 4.74 Å². The predicted molar refractivity (Wildman–Crippen MR) is 117 cm³/mol. The molecule has 1 aliphatic rings. The van der Waals surface area contributed by atoms with Crippen molar-refractivity contribution >= 4 is 11.8 Å². The molecule has 1 fully saturated rings. The average molecular weight is 410 g/mol. The van der Waals surface area contributed by atoms with Crippen molar-refractivity contribution in [3.63, 3.8) is 0 Å². The van der Waals surface area contributed by atoms with Gasteiger partial charge in [-0.2, -0.15) is 0 Å². The zero-order chi connectivity index (χ0) is 21.3. The van der Waals surface area contributed by atoms with E-state index in [0.29, 0.717) is 6.54 Å². The standard InChI is InChI=1S/C24H31N3O3/c1-18(28)26-21(19-10-4-3-5-11-19)16-24(29)25-17-22(27-14-8-9-15-27)20-12-6-7-13-23(20)30-2/h3-7,10-13,21-22H,8-9,14-17H2,1-2H3,(H,25,29)(H,26,28). The van der Waals surface area contributed by atoms with Crippen molar-refractivity contribution in [1.82, 2.24) is 15.5 Å². The molecule has 2 amide bonds. The van der Waals surface area contributed by atoms with Crippen molar-refractivity contribution in [3.8, 4) is 5.75 Å². The van der Waals surface area contributed by atoms with Gasteiger partial charge in [0.1, 0.15) is 5.75 Å². The molecular weight excluding hydrogens is 378 g/mol. The minimum Gasteiger partial charge on any atom is -0.496 e. The minimum atomic E-state index is -0.347. The first kappa shape index (κ1) is 21.8. The fraction of sp³-hybridized carbons (Fsp3) is 0.417. The molecule has 160 valence electrons. The van der Waals surface area contributed by atoms with Crippen LogP contribution < -0.4 is 15.4 Å². The number of carbonyl (C=O) groups excluding carboxylic acids is 2. The van der Waals surface area contributed by atoms with Crippen LogP contribution in [0.25, 0.3) is 0 Å². The van der Waals surface area contributed by atoms with Gasteiger partial charge in [0.15, 0.2) is 0 Å². The number of rotatable bonds is 9. The number of carbonyl (C=O) groups is 2. The normalized spacial score (nSPS) is 15.9. The molecular formula is C24H31N3O3. The second-order valence-electron chi connectivity index (χ2n) is 7.67. The number of ether oxygens (including phenoxy) is 1. The summed E-state index contributed by atoms with van der Waals surface area (Å²) in [4.78, 5) is 26.8. The van der Waals surface area contributed by atoms with E-state index in [1.807, 2.05) is 48.5 Å². The monoisotopic (exact) mass is 409 g/mol. The molecule has 0 radical (unpaired) electrons. The Kier molecular flexibility index (Phi) is 7.85. The van der Waals surface area contributed by atoms with Crippen LogP contribution >= 0.6 is 0 Å². The van der Waals surface area contributed by atoms with Crippen molar-refractivity contribution in [2.24, 2.45) is 0 Å². The van der Waals surface area contributed by atoms with Gasteiger partial charge in [-0.15, -0.1) is 0 Å². The van der Waals surface area contributed by atoms with Gasteiger partial charge < -0.3 is 15.4 Å². The second-order valence-corrected chi connectivity index (χ2v) is 7.67. The van der Waals surface area contributed by atoms with Crippen LogP contribution in [0.4, 0.5) is 0 Å². The zero-order valence-electron chi connectivity index (χ0n) is 17.8. The largest absolute Gasteiger partial charge is 0.496 e. The van der Waals surface area contributed by atoms with E-state index in [2.05, 4.69) is 21.6 Å². The Bertz CT molecular complexity index is 835. The number of nitrogens with one attached hydrogen (secondary N) is 2. The predicted octanol–water partition coefficient (Wildman–Crippen LogP) is 3.22. The first-order valence-electron chi connectivity index (χ1n) is 10.5. The maximum absolute atomic E-state index is 12.8. The Morgan fingerprint density at radius 1 is 1.03 bits per heavy atom. The number of nitrogens with zero attached hydrogens (tertiary/aromatic N) is 1. The highest BCUT2D eigenvalue weighted by atomic mass is 16.5. The molecule has 1 heterocycles. The molecule has 1 saturated heterocycles. The molecule has 2 atom stereocenters. The number of para-hydroxylation sites is 1. The van der Waals surface area contributed by atoms with Gasteiger partial charge in [0.05, 0.1) is 25.6 Å². The van der Waals surface area contributed by atoms with Gasteiger partial charge in [-0.3, -0.25) is 14.5 Å². The number of methoxy groups -OCH3 is 1. The van der Waals surface area contributed by atoms with Crippen molar-refractivity contribution in [2.75, 3.05) is 26.7 Å². The molecule has 0 spiro atoms. The SMILES string of the molecule is COc1ccccc1C(CNC(=O)CC(NC(C)=O)c1ccccc1)N1CCCC1. The highest BCUT2D eigenvalue weighted by molar-refractivity contribution is 5.79. The summed E-state index contributed by atoms with van der Waals surface area (Å²) in [5, 5.41) is 5.99. The van der Waals surface area contributed by atoms with Gasteiger partial charge in [0, 0.05) is 19.0 Å². The van der Waals surface area contributed by atoms with E-state index >= 15 is 0 Å². The second kappa shape index (κ2) is 10.8. The minimum absolute atomic E-state index is 0.0588. The van der Waals surface area contributed by atoms with Crippen molar-refractivity contribution < 1.29 is 14.3 Å². The van der Waals surface area contributed by atoms with E-state index in [-0.39, 0.29) is 30.3 Å². The van der Waals surface area contributed by atoms with Crippen LogP contribution in [0.2, 0.25) is 0 Å². The van der Waals surface area contributed by atoms with E-state index in [9.17, 15) is 9.59 Å². The zero-order valence-corrected chi connectivity index (χ0v) is 17.8. The van der Waals surface area contributed by atoms with Crippen molar-refractivity contribution in [2.45, 2.75) is 38.3 Å². The van der Waals surface area contributed by atoms with Gasteiger partial charge in [-0.05, 0) is 37.6 Å². The van der Waals surface area contributed by atoms with Crippen LogP contribution in [0.1, 0.15) is 49.4 Å². The Balaban J connectivity index is 1.69. The topological polar surface area (TPSA) is 70.7 Å². The maximum atomic E-state index is 12.8. The third-order valence-corrected chi connectivity index (χ3v) is 5.54. The Hall–Kier alpha value is -2.86. The van der Waals surface area contributed by atoms with Crippen LogP contribution in [-0.4, -0.2) is 43.5 Å². The quantitative estimate of drug-likeness (QED) is 0.667. The third kappa shape index (κ3) is 5.83. The lowest BCUT2D eigenvalue weighted by atomic mass is 10.0. The van der Waals surface area contributed by atoms with Crippen LogP contribution in [0.15, 0.2) is 54.6 Å². The van der Waals surface area contributed by atoms with Gasteiger partial charge >= 0.3 is 0 Å². The summed E-state index contributed by atoms with van der Waals surface area (Å²) in [6, 6.07) is 17.3. The Morgan fingerprint density at radius 2 is 1.70 bits per heavy atom. The molecule has 0 aromatic heterocycles. The fourth-order valence-electron chi connectivity index (χ4n) is 4.08. The number of likely N-dealkylation sites (tertiary alicyclic amines) is 1. The lowest BCUT2D eigenvalue weighted by Crippen LogP contribution is -2.38. The molecule has 2 N–H and O–H groups in total. The highest BCUT2D eigenvalue weighted by Gasteiger charge is 2.27. The Morgan fingerprint density at radius 3 is 2.37 bits per heavy atom. The van der Waals surface area contributed by atoms with Gasteiger partial charge in [0.25, 0.3) is 0 Å². The summed E-state index contributed by atoms with van der Waals surface area (Å²) >= 11 is 0. The molecule has 2 aromatic rings. The summed E-state index contributed by atoms with van der Waals surface area (Å²) < 4.78 is 5.57. The lowest BCUT2D eigenvalue weighted by Gasteiger charge is -2.29. The molecule has 6 nitrogen and oxygen atoms in total.